The number of carbonyl (C=O) groups excluding carboxylic acids is 2. The van der Waals surface area contributed by atoms with Gasteiger partial charge in [-0.25, -0.2) is 13.9 Å². The highest BCUT2D eigenvalue weighted by Crippen LogP contribution is 2.28. The van der Waals surface area contributed by atoms with E-state index in [2.05, 4.69) is 15.6 Å². The Kier molecular flexibility index (Phi) is 5.83. The number of carbonyl (C=O) groups is 2. The lowest BCUT2D eigenvalue weighted by atomic mass is 9.95. The van der Waals surface area contributed by atoms with Crippen LogP contribution in [0.15, 0.2) is 34.9 Å². The number of benzene rings is 1. The Morgan fingerprint density at radius 3 is 2.68 bits per heavy atom. The first-order valence-corrected chi connectivity index (χ1v) is 10.3. The van der Waals surface area contributed by atoms with Gasteiger partial charge in [-0.15, -0.1) is 0 Å². The maximum Gasteiger partial charge on any atom is 0.359 e. The van der Waals surface area contributed by atoms with Crippen LogP contribution >= 0.6 is 0 Å². The fraction of sp³-hybridized carbons (Fsp3) is 0.364. The molecule has 31 heavy (non-hydrogen) atoms. The van der Waals surface area contributed by atoms with Crippen molar-refractivity contribution in [1.82, 2.24) is 14.9 Å². The van der Waals surface area contributed by atoms with Gasteiger partial charge < -0.3 is 14.6 Å². The third kappa shape index (κ3) is 4.35. The quantitative estimate of drug-likeness (QED) is 0.603. The fourth-order valence-electron chi connectivity index (χ4n) is 3.70. The minimum atomic E-state index is -1.00. The molecule has 0 saturated heterocycles. The maximum atomic E-state index is 13.3. The van der Waals surface area contributed by atoms with Crippen molar-refractivity contribution in [2.75, 3.05) is 5.32 Å². The van der Waals surface area contributed by atoms with Crippen molar-refractivity contribution in [3.05, 3.63) is 58.9 Å². The second-order valence-corrected chi connectivity index (χ2v) is 7.48. The van der Waals surface area contributed by atoms with Crippen LogP contribution in [-0.4, -0.2) is 32.9 Å². The van der Waals surface area contributed by atoms with Crippen LogP contribution in [0, 0.1) is 12.7 Å². The number of amides is 1. The zero-order valence-electron chi connectivity index (χ0n) is 17.4. The first-order chi connectivity index (χ1) is 15.0. The highest BCUT2D eigenvalue weighted by atomic mass is 19.1. The average molecular weight is 426 g/mol. The average Bonchev–Trinajstić information content (AvgIpc) is 3.36. The molecule has 1 atom stereocenters. The summed E-state index contributed by atoms with van der Waals surface area (Å²) in [5.74, 6) is -0.676. The predicted octanol–water partition coefficient (Wildman–Crippen LogP) is 3.76. The smallest absolute Gasteiger partial charge is 0.359 e. The number of hydrogen-bond donors (Lipinski definition) is 1. The summed E-state index contributed by atoms with van der Waals surface area (Å²) in [7, 11) is 0. The van der Waals surface area contributed by atoms with E-state index in [1.807, 2.05) is 0 Å². The summed E-state index contributed by atoms with van der Waals surface area (Å²) in [6.45, 7) is 3.46. The van der Waals surface area contributed by atoms with Crippen molar-refractivity contribution in [3.63, 3.8) is 0 Å². The number of aryl methyl sites for hydroxylation is 1. The number of anilines is 1. The fourth-order valence-corrected chi connectivity index (χ4v) is 3.70. The molecule has 0 aliphatic heterocycles. The first kappa shape index (κ1) is 20.8. The van der Waals surface area contributed by atoms with E-state index in [0.29, 0.717) is 17.9 Å². The van der Waals surface area contributed by atoms with Crippen molar-refractivity contribution in [1.29, 1.82) is 0 Å². The van der Waals surface area contributed by atoms with Crippen LogP contribution in [0.4, 0.5) is 10.2 Å². The summed E-state index contributed by atoms with van der Waals surface area (Å²) in [6, 6.07) is 7.52. The summed E-state index contributed by atoms with van der Waals surface area (Å²) < 4.78 is 25.5. The van der Waals surface area contributed by atoms with Gasteiger partial charge in [0.25, 0.3) is 5.91 Å². The molecule has 2 heterocycles. The van der Waals surface area contributed by atoms with Crippen LogP contribution < -0.4 is 5.32 Å². The van der Waals surface area contributed by atoms with E-state index in [9.17, 15) is 14.0 Å². The zero-order valence-corrected chi connectivity index (χ0v) is 17.4. The van der Waals surface area contributed by atoms with E-state index in [4.69, 9.17) is 9.26 Å². The summed E-state index contributed by atoms with van der Waals surface area (Å²) in [5, 5.41) is 10.8. The second kappa shape index (κ2) is 8.71. The standard InChI is InChI=1S/C22H23FN4O4/c1-3-18(21(28)24-19-12-13(2)31-26-19)30-22(29)20-16-6-4-5-7-17(16)27(25-20)15-10-8-14(23)9-11-15/h8-12,18H,3-7H2,1-2H3,(H,24,26,28). The van der Waals surface area contributed by atoms with Gasteiger partial charge in [-0.2, -0.15) is 5.10 Å². The Hall–Kier alpha value is -3.49. The van der Waals surface area contributed by atoms with Gasteiger partial charge in [0.15, 0.2) is 17.6 Å². The Morgan fingerprint density at radius 2 is 2.00 bits per heavy atom. The van der Waals surface area contributed by atoms with E-state index in [-0.39, 0.29) is 23.7 Å². The van der Waals surface area contributed by atoms with Crippen molar-refractivity contribution in [3.8, 4) is 5.69 Å². The van der Waals surface area contributed by atoms with Crippen LogP contribution in [0.25, 0.3) is 5.69 Å². The molecule has 1 N–H and O–H groups in total. The van der Waals surface area contributed by atoms with Gasteiger partial charge >= 0.3 is 5.97 Å². The van der Waals surface area contributed by atoms with E-state index < -0.39 is 18.0 Å². The Morgan fingerprint density at radius 1 is 1.26 bits per heavy atom. The van der Waals surface area contributed by atoms with Gasteiger partial charge in [-0.1, -0.05) is 12.1 Å². The van der Waals surface area contributed by atoms with E-state index in [0.717, 1.165) is 30.5 Å². The zero-order chi connectivity index (χ0) is 22.0. The molecule has 8 nitrogen and oxygen atoms in total. The predicted molar refractivity (Wildman–Crippen MR) is 110 cm³/mol. The van der Waals surface area contributed by atoms with Gasteiger partial charge in [0.05, 0.1) is 5.69 Å². The monoisotopic (exact) mass is 426 g/mol. The molecule has 1 aliphatic carbocycles. The largest absolute Gasteiger partial charge is 0.447 e. The van der Waals surface area contributed by atoms with E-state index in [1.54, 1.807) is 36.7 Å². The van der Waals surface area contributed by atoms with Crippen LogP contribution in [0.5, 0.6) is 0 Å². The van der Waals surface area contributed by atoms with Crippen LogP contribution in [0.1, 0.15) is 53.7 Å². The summed E-state index contributed by atoms with van der Waals surface area (Å²) in [5.41, 5.74) is 2.61. The summed E-state index contributed by atoms with van der Waals surface area (Å²) in [4.78, 5) is 25.5. The van der Waals surface area contributed by atoms with Crippen LogP contribution in [-0.2, 0) is 22.4 Å². The summed E-state index contributed by atoms with van der Waals surface area (Å²) in [6.07, 6.45) is 2.66. The normalized spacial score (nSPS) is 14.0. The highest BCUT2D eigenvalue weighted by molar-refractivity contribution is 5.97. The molecular formula is C22H23FN4O4. The molecular weight excluding hydrogens is 403 g/mol. The Balaban J connectivity index is 1.57. The van der Waals surface area contributed by atoms with Crippen LogP contribution in [0.3, 0.4) is 0 Å². The Labute approximate surface area is 178 Å². The first-order valence-electron chi connectivity index (χ1n) is 10.3. The number of rotatable bonds is 6. The third-order valence-corrected chi connectivity index (χ3v) is 5.24. The molecule has 3 aromatic rings. The van der Waals surface area contributed by atoms with E-state index >= 15 is 0 Å². The molecule has 0 radical (unpaired) electrons. The van der Waals surface area contributed by atoms with Crippen molar-refractivity contribution < 1.29 is 23.2 Å². The Bertz CT molecular complexity index is 1100. The molecule has 162 valence electrons. The third-order valence-electron chi connectivity index (χ3n) is 5.24. The lowest BCUT2D eigenvalue weighted by Crippen LogP contribution is -2.32. The van der Waals surface area contributed by atoms with Gasteiger partial charge in [0.1, 0.15) is 11.6 Å². The van der Waals surface area contributed by atoms with Crippen molar-refractivity contribution >= 4 is 17.7 Å². The number of fused-ring (bicyclic) bond motifs is 1. The molecule has 0 saturated carbocycles. The molecule has 2 aromatic heterocycles. The molecule has 1 aromatic carbocycles. The van der Waals surface area contributed by atoms with Crippen LogP contribution in [0.2, 0.25) is 0 Å². The summed E-state index contributed by atoms with van der Waals surface area (Å²) >= 11 is 0. The second-order valence-electron chi connectivity index (χ2n) is 7.48. The lowest BCUT2D eigenvalue weighted by Gasteiger charge is -2.16. The number of halogens is 1. The molecule has 9 heteroatoms. The topological polar surface area (TPSA) is 99.2 Å². The van der Waals surface area contributed by atoms with Crippen molar-refractivity contribution in [2.45, 2.75) is 52.1 Å². The van der Waals surface area contributed by atoms with E-state index in [1.165, 1.54) is 12.1 Å². The lowest BCUT2D eigenvalue weighted by molar-refractivity contribution is -0.124. The SMILES string of the molecule is CCC(OC(=O)c1nn(-c2ccc(F)cc2)c2c1CCCC2)C(=O)Nc1cc(C)on1. The van der Waals surface area contributed by atoms with Gasteiger partial charge in [0.2, 0.25) is 0 Å². The molecule has 1 amide bonds. The van der Waals surface area contributed by atoms with Gasteiger partial charge in [-0.05, 0) is 63.3 Å². The minimum absolute atomic E-state index is 0.197. The minimum Gasteiger partial charge on any atom is -0.447 e. The van der Waals surface area contributed by atoms with Gasteiger partial charge in [0, 0.05) is 17.3 Å². The molecule has 0 spiro atoms. The molecule has 0 bridgehead atoms. The molecule has 1 aliphatic rings. The number of esters is 1. The number of nitrogens with one attached hydrogen (secondary N) is 1. The van der Waals surface area contributed by atoms with Crippen molar-refractivity contribution in [2.24, 2.45) is 0 Å². The molecule has 4 rings (SSSR count). The molecule has 0 fully saturated rings. The number of ether oxygens (including phenoxy) is 1. The number of hydrogen-bond acceptors (Lipinski definition) is 6. The number of nitrogens with zero attached hydrogens (tertiary/aromatic N) is 3. The number of aromatic nitrogens is 3. The van der Waals surface area contributed by atoms with Gasteiger partial charge in [-0.3, -0.25) is 4.79 Å². The maximum absolute atomic E-state index is 13.3. The highest BCUT2D eigenvalue weighted by Gasteiger charge is 2.30. The molecule has 1 unspecified atom stereocenters.